The molecule has 1 atom stereocenters. The van der Waals surface area contributed by atoms with Crippen molar-refractivity contribution in [2.75, 3.05) is 22.9 Å². The average Bonchev–Trinajstić information content (AvgIpc) is 3.39. The highest BCUT2D eigenvalue weighted by molar-refractivity contribution is 5.78. The van der Waals surface area contributed by atoms with Gasteiger partial charge in [-0.1, -0.05) is 184 Å². The van der Waals surface area contributed by atoms with Gasteiger partial charge in [-0.15, -0.1) is 0 Å². The van der Waals surface area contributed by atoms with E-state index in [2.05, 4.69) is 229 Å². The van der Waals surface area contributed by atoms with Gasteiger partial charge in [0.2, 0.25) is 0 Å². The molecular formula is C54H60N2. The van der Waals surface area contributed by atoms with Crippen LogP contribution in [-0.2, 0) is 5.41 Å². The van der Waals surface area contributed by atoms with Crippen LogP contribution in [0.2, 0.25) is 0 Å². The van der Waals surface area contributed by atoms with Crippen LogP contribution in [0.4, 0.5) is 11.4 Å². The van der Waals surface area contributed by atoms with Gasteiger partial charge in [0.25, 0.3) is 0 Å². The van der Waals surface area contributed by atoms with Crippen molar-refractivity contribution in [3.05, 3.63) is 234 Å². The first-order chi connectivity index (χ1) is 27.0. The molecule has 1 unspecified atom stereocenters. The summed E-state index contributed by atoms with van der Waals surface area (Å²) in [5.41, 5.74) is 12.5. The molecule has 0 N–H and O–H groups in total. The van der Waals surface area contributed by atoms with Crippen LogP contribution in [0.25, 0.3) is 6.08 Å². The molecule has 0 spiro atoms. The fourth-order valence-corrected chi connectivity index (χ4v) is 7.41. The maximum absolute atomic E-state index is 4.85. The molecule has 0 heterocycles. The van der Waals surface area contributed by atoms with Gasteiger partial charge in [0.05, 0.1) is 5.41 Å². The quantitative estimate of drug-likeness (QED) is 0.135. The minimum Gasteiger partial charge on any atom is -0.338 e. The fraction of sp³-hybridized carbons (Fsp3) is 0.222. The smallest absolute Gasteiger partial charge is 0.0662 e. The zero-order valence-corrected chi connectivity index (χ0v) is 34.7. The van der Waals surface area contributed by atoms with Gasteiger partial charge in [0, 0.05) is 41.3 Å². The van der Waals surface area contributed by atoms with Gasteiger partial charge in [-0.25, -0.2) is 0 Å². The molecule has 0 aliphatic heterocycles. The first kappa shape index (κ1) is 41.3. The third-order valence-corrected chi connectivity index (χ3v) is 10.8. The Labute approximate surface area is 338 Å². The van der Waals surface area contributed by atoms with E-state index in [1.165, 1.54) is 33.4 Å². The number of para-hydroxylation sites is 1. The van der Waals surface area contributed by atoms with Crippen molar-refractivity contribution in [1.82, 2.24) is 0 Å². The second-order valence-corrected chi connectivity index (χ2v) is 15.3. The number of rotatable bonds is 16. The fourth-order valence-electron chi connectivity index (χ4n) is 7.41. The van der Waals surface area contributed by atoms with Crippen LogP contribution >= 0.6 is 0 Å². The Hall–Kier alpha value is -5.86. The van der Waals surface area contributed by atoms with Gasteiger partial charge in [-0.3, -0.25) is 0 Å². The van der Waals surface area contributed by atoms with Crippen LogP contribution in [0.15, 0.2) is 217 Å². The van der Waals surface area contributed by atoms with E-state index in [9.17, 15) is 0 Å². The topological polar surface area (TPSA) is 6.48 Å². The number of fused-ring (bicyclic) bond motifs is 1. The Morgan fingerprint density at radius 2 is 1.55 bits per heavy atom. The molecule has 0 saturated heterocycles. The van der Waals surface area contributed by atoms with E-state index in [4.69, 9.17) is 6.58 Å². The number of anilines is 2. The van der Waals surface area contributed by atoms with Crippen molar-refractivity contribution in [2.24, 2.45) is 5.41 Å². The summed E-state index contributed by atoms with van der Waals surface area (Å²) in [7, 11) is 0. The summed E-state index contributed by atoms with van der Waals surface area (Å²) < 4.78 is 0. The maximum atomic E-state index is 4.85. The monoisotopic (exact) mass is 736 g/mol. The third kappa shape index (κ3) is 9.68. The molecule has 2 aliphatic carbocycles. The summed E-state index contributed by atoms with van der Waals surface area (Å²) in [5.74, 6) is 0. The molecule has 3 aromatic carbocycles. The molecule has 0 fully saturated rings. The molecule has 0 aromatic heterocycles. The van der Waals surface area contributed by atoms with E-state index in [0.717, 1.165) is 47.9 Å². The van der Waals surface area contributed by atoms with Crippen LogP contribution in [0, 0.1) is 5.41 Å². The average molecular weight is 737 g/mol. The zero-order chi connectivity index (χ0) is 40.1. The number of hydrogen-bond donors (Lipinski definition) is 0. The van der Waals surface area contributed by atoms with Gasteiger partial charge in [-0.2, -0.15) is 0 Å². The van der Waals surface area contributed by atoms with E-state index in [-0.39, 0.29) is 5.41 Å². The second-order valence-electron chi connectivity index (χ2n) is 15.3. The predicted octanol–water partition coefficient (Wildman–Crippen LogP) is 14.4. The van der Waals surface area contributed by atoms with Gasteiger partial charge < -0.3 is 9.80 Å². The minimum absolute atomic E-state index is 0.0149. The van der Waals surface area contributed by atoms with Gasteiger partial charge in [0.1, 0.15) is 0 Å². The summed E-state index contributed by atoms with van der Waals surface area (Å²) in [6, 6.07) is 28.5. The first-order valence-electron chi connectivity index (χ1n) is 19.9. The minimum atomic E-state index is -0.518. The summed E-state index contributed by atoms with van der Waals surface area (Å²) in [4.78, 5) is 4.74. The summed E-state index contributed by atoms with van der Waals surface area (Å²) >= 11 is 0. The van der Waals surface area contributed by atoms with Crippen molar-refractivity contribution in [2.45, 2.75) is 60.3 Å². The van der Waals surface area contributed by atoms with E-state index in [1.54, 1.807) is 0 Å². The van der Waals surface area contributed by atoms with Crippen molar-refractivity contribution in [3.63, 3.8) is 0 Å². The number of benzene rings is 3. The molecule has 286 valence electrons. The van der Waals surface area contributed by atoms with Crippen LogP contribution in [0.3, 0.4) is 0 Å². The molecule has 3 aromatic rings. The van der Waals surface area contributed by atoms with Crippen molar-refractivity contribution < 1.29 is 0 Å². The molecule has 56 heavy (non-hydrogen) atoms. The molecule has 0 bridgehead atoms. The molecule has 2 nitrogen and oxygen atoms in total. The van der Waals surface area contributed by atoms with Crippen LogP contribution < -0.4 is 9.80 Å². The lowest BCUT2D eigenvalue weighted by molar-refractivity contribution is 0.626. The van der Waals surface area contributed by atoms with E-state index in [1.807, 2.05) is 12.2 Å². The third-order valence-electron chi connectivity index (χ3n) is 10.8. The van der Waals surface area contributed by atoms with Crippen LogP contribution in [-0.4, -0.2) is 13.1 Å². The van der Waals surface area contributed by atoms with Gasteiger partial charge >= 0.3 is 0 Å². The lowest BCUT2D eigenvalue weighted by atomic mass is 9.67. The van der Waals surface area contributed by atoms with Gasteiger partial charge in [0.15, 0.2) is 0 Å². The largest absolute Gasteiger partial charge is 0.338 e. The maximum Gasteiger partial charge on any atom is 0.0662 e. The Morgan fingerprint density at radius 1 is 0.821 bits per heavy atom. The summed E-state index contributed by atoms with van der Waals surface area (Å²) in [6.07, 6.45) is 36.0. The molecule has 5 rings (SSSR count). The second kappa shape index (κ2) is 19.1. The molecule has 0 saturated carbocycles. The molecule has 2 heteroatoms. The molecule has 0 radical (unpaired) electrons. The van der Waals surface area contributed by atoms with Crippen molar-refractivity contribution >= 4 is 17.5 Å². The molecule has 2 aliphatic rings. The van der Waals surface area contributed by atoms with Crippen molar-refractivity contribution in [3.8, 4) is 0 Å². The number of hydrogen-bond acceptors (Lipinski definition) is 2. The summed E-state index contributed by atoms with van der Waals surface area (Å²) in [6.45, 7) is 25.5. The van der Waals surface area contributed by atoms with E-state index >= 15 is 0 Å². The highest BCUT2D eigenvalue weighted by Crippen LogP contribution is 2.51. The van der Waals surface area contributed by atoms with Crippen molar-refractivity contribution in [1.29, 1.82) is 0 Å². The predicted molar refractivity (Wildman–Crippen MR) is 247 cm³/mol. The zero-order valence-electron chi connectivity index (χ0n) is 34.7. The SMILES string of the molecule is C=C/C=C\C(C)=C/CN(C1=CC=CC(C)(C)C=C1)c1ccc(C2(C(=C)/C=C\C(=C/C)N(C/C=C\C=C(\C)CC)c3ccccc3)C(C)=Cc3ccccc32)cc1. The highest BCUT2D eigenvalue weighted by atomic mass is 15.1. The Morgan fingerprint density at radius 3 is 2.27 bits per heavy atom. The Kier molecular flexibility index (Phi) is 14.1. The standard InChI is InChI=1S/C54H60N2/c1-10-13-22-43(5)36-40-56(50-27-21-37-53(8,9)38-35-50)51-33-30-47(31-34-51)54(45(7)41-46-24-17-18-28-52(46)54)44(6)29-32-48(12-3)55(49-25-15-14-16-26-49)39-20-19-23-42(4)11-2/h10,12-38,41H,1,6,11,39-40H2,2-5,7-9H3/b20-19-,22-13-,32-29-,42-23-,43-36-,48-12+. The van der Waals surface area contributed by atoms with Crippen LogP contribution in [0.1, 0.15) is 71.6 Å². The lowest BCUT2D eigenvalue weighted by Gasteiger charge is -2.35. The normalized spacial score (nSPS) is 18.3. The van der Waals surface area contributed by atoms with Gasteiger partial charge in [-0.05, 0) is 98.9 Å². The van der Waals surface area contributed by atoms with Crippen LogP contribution in [0.5, 0.6) is 0 Å². The molecule has 0 amide bonds. The number of nitrogens with zero attached hydrogens (tertiary/aromatic N) is 2. The van der Waals surface area contributed by atoms with E-state index in [0.29, 0.717) is 0 Å². The Bertz CT molecular complexity index is 2170. The lowest BCUT2D eigenvalue weighted by Crippen LogP contribution is -2.29. The highest BCUT2D eigenvalue weighted by Gasteiger charge is 2.42. The summed E-state index contributed by atoms with van der Waals surface area (Å²) in [5, 5.41) is 0. The molecular weight excluding hydrogens is 677 g/mol. The Balaban J connectivity index is 1.55. The first-order valence-corrected chi connectivity index (χ1v) is 19.9. The van der Waals surface area contributed by atoms with E-state index < -0.39 is 5.41 Å². The number of allylic oxidation sites excluding steroid dienone is 17.